The Morgan fingerprint density at radius 1 is 0.881 bits per heavy atom. The van der Waals surface area contributed by atoms with Gasteiger partial charge >= 0.3 is 11.9 Å². The molecule has 0 saturated carbocycles. The number of nitrogens with one attached hydrogen (secondary N) is 2. The fraction of sp³-hybridized carbons (Fsp3) is 0.610. The summed E-state index contributed by atoms with van der Waals surface area (Å²) in [6.45, 7) is 5.59. The van der Waals surface area contributed by atoms with Gasteiger partial charge in [-0.15, -0.1) is 0 Å². The number of nitrogens with zero attached hydrogens (tertiary/aromatic N) is 1. The van der Waals surface area contributed by atoms with Gasteiger partial charge in [0.15, 0.2) is 12.4 Å². The van der Waals surface area contributed by atoms with Crippen molar-refractivity contribution >= 4 is 23.8 Å². The van der Waals surface area contributed by atoms with Crippen LogP contribution in [-0.4, -0.2) is 154 Å². The minimum atomic E-state index is -1.83. The molecule has 18 nitrogen and oxygen atoms in total. The number of carbonyl (C=O) groups is 4. The van der Waals surface area contributed by atoms with Gasteiger partial charge in [-0.3, -0.25) is 14.4 Å². The van der Waals surface area contributed by atoms with Crippen LogP contribution in [0.15, 0.2) is 54.6 Å². The second kappa shape index (κ2) is 21.8. The maximum absolute atomic E-state index is 13.0. The van der Waals surface area contributed by atoms with Crippen molar-refractivity contribution in [1.82, 2.24) is 15.5 Å². The average molecular weight is 832 g/mol. The highest BCUT2D eigenvalue weighted by atomic mass is 16.8. The molecule has 18 heteroatoms. The Labute approximate surface area is 342 Å². The van der Waals surface area contributed by atoms with Gasteiger partial charge in [-0.2, -0.15) is 0 Å². The van der Waals surface area contributed by atoms with E-state index in [0.717, 1.165) is 5.56 Å². The Morgan fingerprint density at radius 3 is 2.31 bits per heavy atom. The molecule has 3 aliphatic heterocycles. The standard InChI is InChI=1S/C41H57N3O15/c1-4-9-32(47)44-19-8-17-43-31(46)20-29(42-18-16-28(21-44)56-24(3)45)25-12-14-27(15-13-25)57-41-38(36(51)33(48)23(2)55-41)59-40-37(52)35(50)34(49)30(58-40)22-54-39(53)26-10-6-5-7-11-26/h5-7,10-15,23,28-30,33-38,40-42,48-52H,4,8-9,16-22H2,1-3H3,(H,43,46)/t23-,28?,29-,30+,33-,34+,35-,36+,37+,38+,40-,41-/m0/s1. The summed E-state index contributed by atoms with van der Waals surface area (Å²) in [5, 5.41) is 60.2. The van der Waals surface area contributed by atoms with Crippen LogP contribution >= 0.6 is 0 Å². The SMILES string of the molecule is CCCC(=O)N1CCCNC(=O)C[C@@H](c2ccc(O[C@@H]3O[C@@H](C)[C@H](O)[C@@H](O)[C@H]3O[C@@H]3O[C@H](COC(=O)c4ccccc4)[C@@H](O)[C@H](O)[C@H]3O)cc2)NCCC(OC(C)=O)C1. The van der Waals surface area contributed by atoms with E-state index in [0.29, 0.717) is 45.3 Å². The van der Waals surface area contributed by atoms with Crippen LogP contribution in [0.1, 0.15) is 74.8 Å². The lowest BCUT2D eigenvalue weighted by molar-refractivity contribution is -0.355. The molecule has 3 saturated heterocycles. The number of aliphatic hydroxyl groups is 5. The molecule has 2 aromatic rings. The third-order valence-electron chi connectivity index (χ3n) is 10.4. The zero-order valence-corrected chi connectivity index (χ0v) is 33.5. The fourth-order valence-corrected chi connectivity index (χ4v) is 7.13. The third kappa shape index (κ3) is 12.6. The third-order valence-corrected chi connectivity index (χ3v) is 10.4. The van der Waals surface area contributed by atoms with Crippen molar-refractivity contribution in [2.24, 2.45) is 0 Å². The molecule has 0 aliphatic carbocycles. The summed E-state index contributed by atoms with van der Waals surface area (Å²) in [4.78, 5) is 52.0. The van der Waals surface area contributed by atoms with E-state index in [1.54, 1.807) is 47.4 Å². The van der Waals surface area contributed by atoms with Crippen LogP contribution < -0.4 is 15.4 Å². The van der Waals surface area contributed by atoms with Gasteiger partial charge in [0.1, 0.15) is 55.1 Å². The Hall–Kier alpha value is -4.24. The molecule has 0 radical (unpaired) electrons. The summed E-state index contributed by atoms with van der Waals surface area (Å²) in [5.41, 5.74) is 0.962. The molecule has 2 aromatic carbocycles. The van der Waals surface area contributed by atoms with Crippen molar-refractivity contribution in [3.05, 3.63) is 65.7 Å². The fourth-order valence-electron chi connectivity index (χ4n) is 7.13. The van der Waals surface area contributed by atoms with E-state index < -0.39 is 92.1 Å². The van der Waals surface area contributed by atoms with E-state index >= 15 is 0 Å². The Morgan fingerprint density at radius 2 is 1.61 bits per heavy atom. The Kier molecular flexibility index (Phi) is 17.0. The van der Waals surface area contributed by atoms with E-state index in [1.807, 2.05) is 6.92 Å². The maximum atomic E-state index is 13.0. The van der Waals surface area contributed by atoms with Crippen molar-refractivity contribution in [3.8, 4) is 5.75 Å². The van der Waals surface area contributed by atoms with Crippen molar-refractivity contribution in [2.75, 3.05) is 32.8 Å². The summed E-state index contributed by atoms with van der Waals surface area (Å²) in [7, 11) is 0. The van der Waals surface area contributed by atoms with Gasteiger partial charge in [0.05, 0.1) is 18.2 Å². The van der Waals surface area contributed by atoms with Crippen molar-refractivity contribution in [3.63, 3.8) is 0 Å². The summed E-state index contributed by atoms with van der Waals surface area (Å²) in [5.74, 6) is -1.17. The lowest BCUT2D eigenvalue weighted by Gasteiger charge is -2.45. The average Bonchev–Trinajstić information content (AvgIpc) is 3.23. The highest BCUT2D eigenvalue weighted by Crippen LogP contribution is 2.31. The highest BCUT2D eigenvalue weighted by Gasteiger charge is 2.51. The van der Waals surface area contributed by atoms with Gasteiger partial charge < -0.3 is 69.5 Å². The van der Waals surface area contributed by atoms with Crippen molar-refractivity contribution < 1.29 is 73.1 Å². The number of rotatable bonds is 11. The molecule has 12 atom stereocenters. The normalized spacial score (nSPS) is 32.3. The predicted octanol–water partition coefficient (Wildman–Crippen LogP) is 0.0730. The molecule has 0 bridgehead atoms. The molecule has 59 heavy (non-hydrogen) atoms. The molecule has 3 aliphatic rings. The number of ether oxygens (including phenoxy) is 6. The summed E-state index contributed by atoms with van der Waals surface area (Å²) in [6, 6.07) is 14.3. The number of hydrogen-bond acceptors (Lipinski definition) is 16. The minimum absolute atomic E-state index is 0.0400. The first kappa shape index (κ1) is 45.8. The lowest BCUT2D eigenvalue weighted by Crippen LogP contribution is -2.64. The number of carbonyl (C=O) groups excluding carboxylic acids is 4. The first-order valence-electron chi connectivity index (χ1n) is 20.1. The van der Waals surface area contributed by atoms with Gasteiger partial charge in [0.2, 0.25) is 18.1 Å². The van der Waals surface area contributed by atoms with Gasteiger partial charge in [0.25, 0.3) is 0 Å². The first-order chi connectivity index (χ1) is 28.2. The number of hydrogen-bond donors (Lipinski definition) is 7. The van der Waals surface area contributed by atoms with Gasteiger partial charge in [-0.1, -0.05) is 37.3 Å². The molecule has 0 spiro atoms. The predicted molar refractivity (Wildman–Crippen MR) is 206 cm³/mol. The summed E-state index contributed by atoms with van der Waals surface area (Å²) >= 11 is 0. The molecule has 2 amide bonds. The second-order valence-electron chi connectivity index (χ2n) is 15.0. The van der Waals surface area contributed by atoms with Crippen LogP contribution in [0.2, 0.25) is 0 Å². The largest absolute Gasteiger partial charge is 0.462 e. The van der Waals surface area contributed by atoms with Gasteiger partial charge in [-0.05, 0) is 62.6 Å². The van der Waals surface area contributed by atoms with Crippen LogP contribution in [0.3, 0.4) is 0 Å². The number of esters is 2. The topological polar surface area (TPSA) is 252 Å². The monoisotopic (exact) mass is 831 g/mol. The van der Waals surface area contributed by atoms with E-state index in [9.17, 15) is 44.7 Å². The molecule has 7 N–H and O–H groups in total. The zero-order valence-electron chi connectivity index (χ0n) is 33.5. The van der Waals surface area contributed by atoms with E-state index in [4.69, 9.17) is 28.4 Å². The smallest absolute Gasteiger partial charge is 0.338 e. The molecule has 3 heterocycles. The van der Waals surface area contributed by atoms with E-state index in [2.05, 4.69) is 10.6 Å². The molecule has 0 aromatic heterocycles. The number of benzene rings is 2. The lowest BCUT2D eigenvalue weighted by atomic mass is 9.97. The molecule has 326 valence electrons. The van der Waals surface area contributed by atoms with Crippen LogP contribution in [0.5, 0.6) is 5.75 Å². The van der Waals surface area contributed by atoms with Crippen molar-refractivity contribution in [2.45, 2.75) is 126 Å². The van der Waals surface area contributed by atoms with E-state index in [1.165, 1.54) is 26.0 Å². The van der Waals surface area contributed by atoms with E-state index in [-0.39, 0.29) is 36.1 Å². The quantitative estimate of drug-likeness (QED) is 0.148. The molecular weight excluding hydrogens is 774 g/mol. The second-order valence-corrected chi connectivity index (χ2v) is 15.0. The van der Waals surface area contributed by atoms with Crippen LogP contribution in [0.25, 0.3) is 0 Å². The Bertz CT molecular complexity index is 1670. The van der Waals surface area contributed by atoms with Crippen LogP contribution in [-0.2, 0) is 38.1 Å². The summed E-state index contributed by atoms with van der Waals surface area (Å²) in [6.07, 6.45) is -13.8. The maximum Gasteiger partial charge on any atom is 0.338 e. The number of amides is 2. The molecule has 3 fully saturated rings. The molecule has 1 unspecified atom stereocenters. The minimum Gasteiger partial charge on any atom is -0.462 e. The van der Waals surface area contributed by atoms with Crippen LogP contribution in [0.4, 0.5) is 0 Å². The van der Waals surface area contributed by atoms with Crippen molar-refractivity contribution in [1.29, 1.82) is 0 Å². The van der Waals surface area contributed by atoms with Gasteiger partial charge in [0, 0.05) is 38.9 Å². The Balaban J connectivity index is 1.26. The molecule has 5 rings (SSSR count). The first-order valence-corrected chi connectivity index (χ1v) is 20.1. The van der Waals surface area contributed by atoms with Gasteiger partial charge in [-0.25, -0.2) is 4.79 Å². The zero-order chi connectivity index (χ0) is 42.6. The molecular formula is C41H57N3O15. The van der Waals surface area contributed by atoms with Crippen LogP contribution in [0, 0.1) is 0 Å². The summed E-state index contributed by atoms with van der Waals surface area (Å²) < 4.78 is 34.5. The highest BCUT2D eigenvalue weighted by molar-refractivity contribution is 5.89. The number of aliphatic hydroxyl groups excluding tert-OH is 5.